The zero-order valence-electron chi connectivity index (χ0n) is 12.6. The maximum Gasteiger partial charge on any atom is 0.270 e. The number of hydrogen-bond acceptors (Lipinski definition) is 4. The molecule has 0 saturated carbocycles. The third-order valence-corrected chi connectivity index (χ3v) is 3.94. The lowest BCUT2D eigenvalue weighted by Crippen LogP contribution is -2.14. The maximum atomic E-state index is 12.7. The van der Waals surface area contributed by atoms with Gasteiger partial charge in [0.15, 0.2) is 5.78 Å². The topological polar surface area (TPSA) is 69.4 Å². The minimum atomic E-state index is -0.440. The molecule has 0 atom stereocenters. The first kappa shape index (κ1) is 15.0. The lowest BCUT2D eigenvalue weighted by molar-refractivity contribution is -0.384. The van der Waals surface area contributed by atoms with Gasteiger partial charge in [0.05, 0.1) is 12.0 Å². The first-order chi connectivity index (χ1) is 11.1. The van der Waals surface area contributed by atoms with E-state index in [1.165, 1.54) is 12.1 Å². The third kappa shape index (κ3) is 2.99. The van der Waals surface area contributed by atoms with Crippen LogP contribution in [0.4, 0.5) is 5.69 Å². The Kier molecular flexibility index (Phi) is 3.93. The van der Waals surface area contributed by atoms with Gasteiger partial charge < -0.3 is 4.74 Å². The van der Waals surface area contributed by atoms with Gasteiger partial charge >= 0.3 is 0 Å². The number of ether oxygens (including phenoxy) is 1. The highest BCUT2D eigenvalue weighted by atomic mass is 16.6. The van der Waals surface area contributed by atoms with Crippen LogP contribution in [-0.4, -0.2) is 17.8 Å². The van der Waals surface area contributed by atoms with Crippen molar-refractivity contribution < 1.29 is 14.5 Å². The summed E-state index contributed by atoms with van der Waals surface area (Å²) in [4.78, 5) is 23.1. The molecule has 2 aromatic rings. The van der Waals surface area contributed by atoms with E-state index in [4.69, 9.17) is 4.74 Å². The minimum Gasteiger partial charge on any atom is -0.497 e. The first-order valence-corrected chi connectivity index (χ1v) is 7.25. The number of Topliss-reactive ketones (excluding diaryl/α,β-unsaturated/α-hetero) is 1. The number of aryl methyl sites for hydroxylation is 1. The summed E-state index contributed by atoms with van der Waals surface area (Å²) in [5, 5.41) is 10.8. The van der Waals surface area contributed by atoms with Crippen LogP contribution in [0.5, 0.6) is 5.75 Å². The van der Waals surface area contributed by atoms with Crippen LogP contribution in [0, 0.1) is 10.1 Å². The number of allylic oxidation sites excluding steroid dienone is 1. The minimum absolute atomic E-state index is 0.0182. The molecule has 0 unspecified atom stereocenters. The molecular formula is C18H15NO4. The zero-order valence-corrected chi connectivity index (χ0v) is 12.6. The zero-order chi connectivity index (χ0) is 16.4. The lowest BCUT2D eigenvalue weighted by Gasteiger charge is -2.18. The molecule has 5 nitrogen and oxygen atoms in total. The second-order valence-corrected chi connectivity index (χ2v) is 5.37. The standard InChI is InChI=1S/C18H15NO4/c1-23-16-8-7-13-5-6-14(18(20)17(13)11-16)9-12-3-2-4-15(10-12)19(21)22/h2-4,7-11H,5-6H2,1H3/b14-9-. The number of hydrogen-bond donors (Lipinski definition) is 0. The van der Waals surface area contributed by atoms with E-state index < -0.39 is 4.92 Å². The molecule has 0 bridgehead atoms. The van der Waals surface area contributed by atoms with E-state index >= 15 is 0 Å². The van der Waals surface area contributed by atoms with Gasteiger partial charge in [-0.2, -0.15) is 0 Å². The number of non-ortho nitro benzene ring substituents is 1. The molecule has 0 aliphatic heterocycles. The number of nitro benzene ring substituents is 1. The molecule has 1 aliphatic rings. The van der Waals surface area contributed by atoms with Crippen LogP contribution < -0.4 is 4.74 Å². The molecule has 0 spiro atoms. The molecule has 116 valence electrons. The molecular weight excluding hydrogens is 294 g/mol. The van der Waals surface area contributed by atoms with Crippen LogP contribution in [0.15, 0.2) is 48.0 Å². The van der Waals surface area contributed by atoms with Crippen LogP contribution in [0.3, 0.4) is 0 Å². The van der Waals surface area contributed by atoms with Gasteiger partial charge in [-0.25, -0.2) is 0 Å². The molecule has 3 rings (SSSR count). The monoisotopic (exact) mass is 309 g/mol. The summed E-state index contributed by atoms with van der Waals surface area (Å²) in [5.74, 6) is 0.602. The second kappa shape index (κ2) is 6.04. The lowest BCUT2D eigenvalue weighted by atomic mass is 9.86. The van der Waals surface area contributed by atoms with Crippen molar-refractivity contribution in [2.75, 3.05) is 7.11 Å². The molecule has 1 aliphatic carbocycles. The van der Waals surface area contributed by atoms with Crippen LogP contribution in [0.25, 0.3) is 6.08 Å². The fraction of sp³-hybridized carbons (Fsp3) is 0.167. The summed E-state index contributed by atoms with van der Waals surface area (Å²) < 4.78 is 5.18. The molecule has 0 amide bonds. The molecule has 5 heteroatoms. The van der Waals surface area contributed by atoms with Crippen molar-refractivity contribution in [2.45, 2.75) is 12.8 Å². The Labute approximate surface area is 133 Å². The molecule has 0 saturated heterocycles. The van der Waals surface area contributed by atoms with Gasteiger partial charge in [-0.15, -0.1) is 0 Å². The molecule has 0 radical (unpaired) electrons. The summed E-state index contributed by atoms with van der Waals surface area (Å²) in [6.45, 7) is 0. The predicted octanol–water partition coefficient (Wildman–Crippen LogP) is 3.82. The van der Waals surface area contributed by atoms with Crippen molar-refractivity contribution in [3.8, 4) is 5.75 Å². The number of ketones is 1. The average molecular weight is 309 g/mol. The Morgan fingerprint density at radius 1 is 1.17 bits per heavy atom. The highest BCUT2D eigenvalue weighted by molar-refractivity contribution is 6.13. The van der Waals surface area contributed by atoms with Gasteiger partial charge in [0, 0.05) is 23.3 Å². The SMILES string of the molecule is COc1ccc2c(c1)C(=O)/C(=C\c1cccc([N+](=O)[O-])c1)CC2. The van der Waals surface area contributed by atoms with Crippen molar-refractivity contribution >= 4 is 17.5 Å². The van der Waals surface area contributed by atoms with Gasteiger partial charge in [-0.05, 0) is 42.2 Å². The number of rotatable bonds is 3. The Hall–Kier alpha value is -2.95. The van der Waals surface area contributed by atoms with Crippen molar-refractivity contribution in [2.24, 2.45) is 0 Å². The largest absolute Gasteiger partial charge is 0.497 e. The van der Waals surface area contributed by atoms with E-state index in [0.717, 1.165) is 12.0 Å². The average Bonchev–Trinajstić information content (AvgIpc) is 2.57. The summed E-state index contributed by atoms with van der Waals surface area (Å²) in [5.41, 5.74) is 2.99. The van der Waals surface area contributed by atoms with Crippen molar-refractivity contribution in [1.29, 1.82) is 0 Å². The van der Waals surface area contributed by atoms with Gasteiger partial charge in [0.25, 0.3) is 5.69 Å². The van der Waals surface area contributed by atoms with Crippen LogP contribution in [0.1, 0.15) is 27.9 Å². The maximum absolute atomic E-state index is 12.7. The van der Waals surface area contributed by atoms with Crippen LogP contribution >= 0.6 is 0 Å². The van der Waals surface area contributed by atoms with Crippen molar-refractivity contribution in [3.63, 3.8) is 0 Å². The van der Waals surface area contributed by atoms with Gasteiger partial charge in [-0.1, -0.05) is 18.2 Å². The molecule has 0 aromatic heterocycles. The number of carbonyl (C=O) groups is 1. The molecule has 0 heterocycles. The van der Waals surface area contributed by atoms with E-state index in [0.29, 0.717) is 28.9 Å². The second-order valence-electron chi connectivity index (χ2n) is 5.37. The Bertz CT molecular complexity index is 824. The summed E-state index contributed by atoms with van der Waals surface area (Å²) in [6.07, 6.45) is 3.13. The summed E-state index contributed by atoms with van der Waals surface area (Å²) in [7, 11) is 1.56. The third-order valence-electron chi connectivity index (χ3n) is 3.94. The Balaban J connectivity index is 1.97. The smallest absolute Gasteiger partial charge is 0.270 e. The predicted molar refractivity (Wildman–Crippen MR) is 86.7 cm³/mol. The summed E-state index contributed by atoms with van der Waals surface area (Å²) in [6, 6.07) is 11.8. The number of fused-ring (bicyclic) bond motifs is 1. The van der Waals surface area contributed by atoms with E-state index in [1.807, 2.05) is 12.1 Å². The molecule has 23 heavy (non-hydrogen) atoms. The molecule has 0 N–H and O–H groups in total. The number of benzene rings is 2. The number of nitro groups is 1. The highest BCUT2D eigenvalue weighted by Gasteiger charge is 2.22. The van der Waals surface area contributed by atoms with Gasteiger partial charge in [0.1, 0.15) is 5.75 Å². The summed E-state index contributed by atoms with van der Waals surface area (Å²) >= 11 is 0. The van der Waals surface area contributed by atoms with E-state index in [-0.39, 0.29) is 11.5 Å². The van der Waals surface area contributed by atoms with E-state index in [2.05, 4.69) is 0 Å². The highest BCUT2D eigenvalue weighted by Crippen LogP contribution is 2.29. The number of nitrogens with zero attached hydrogens (tertiary/aromatic N) is 1. The van der Waals surface area contributed by atoms with E-state index in [1.54, 1.807) is 31.4 Å². The molecule has 2 aromatic carbocycles. The first-order valence-electron chi connectivity index (χ1n) is 7.25. The fourth-order valence-corrected chi connectivity index (χ4v) is 2.73. The van der Waals surface area contributed by atoms with Crippen molar-refractivity contribution in [3.05, 3.63) is 74.8 Å². The number of methoxy groups -OCH3 is 1. The Morgan fingerprint density at radius 3 is 2.74 bits per heavy atom. The Morgan fingerprint density at radius 2 is 2.00 bits per heavy atom. The van der Waals surface area contributed by atoms with Gasteiger partial charge in [0.2, 0.25) is 0 Å². The van der Waals surface area contributed by atoms with Gasteiger partial charge in [-0.3, -0.25) is 14.9 Å². The fourth-order valence-electron chi connectivity index (χ4n) is 2.73. The molecule has 0 fully saturated rings. The van der Waals surface area contributed by atoms with Crippen LogP contribution in [-0.2, 0) is 6.42 Å². The van der Waals surface area contributed by atoms with Crippen molar-refractivity contribution in [1.82, 2.24) is 0 Å². The van der Waals surface area contributed by atoms with E-state index in [9.17, 15) is 14.9 Å². The van der Waals surface area contributed by atoms with Crippen LogP contribution in [0.2, 0.25) is 0 Å². The number of carbonyl (C=O) groups excluding carboxylic acids is 1. The normalized spacial score (nSPS) is 15.3. The quantitative estimate of drug-likeness (QED) is 0.491.